The van der Waals surface area contributed by atoms with Crippen LogP contribution in [0, 0.1) is 6.92 Å². The number of hydrogen-bond donors (Lipinski definition) is 3. The Bertz CT molecular complexity index is 1920. The summed E-state index contributed by atoms with van der Waals surface area (Å²) >= 11 is 0. The number of esters is 1. The minimum absolute atomic E-state index is 0.199. The van der Waals surface area contributed by atoms with Crippen LogP contribution in [-0.2, 0) is 24.3 Å². The van der Waals surface area contributed by atoms with E-state index in [1.54, 1.807) is 0 Å². The number of aromatic nitrogens is 3. The van der Waals surface area contributed by atoms with E-state index in [1.165, 1.54) is 0 Å². The lowest BCUT2D eigenvalue weighted by Gasteiger charge is -2.15. The van der Waals surface area contributed by atoms with E-state index in [0.29, 0.717) is 43.9 Å². The number of hydrogen-bond acceptors (Lipinski definition) is 6. The molecule has 8 nitrogen and oxygen atoms in total. The summed E-state index contributed by atoms with van der Waals surface area (Å²) in [6.07, 6.45) is 1.32. The second kappa shape index (κ2) is 13.7. The number of aliphatic hydroxyl groups excluding tert-OH is 1. The molecule has 0 aliphatic rings. The molecule has 6 aromatic rings. The quantitative estimate of drug-likeness (QED) is 0.0948. The first-order valence-corrected chi connectivity index (χ1v) is 15.5. The number of aromatic amines is 1. The highest BCUT2D eigenvalue weighted by Gasteiger charge is 2.27. The molecule has 8 heteroatoms. The highest BCUT2D eigenvalue weighted by atomic mass is 16.5. The van der Waals surface area contributed by atoms with Crippen molar-refractivity contribution in [3.63, 3.8) is 0 Å². The molecule has 0 saturated carbocycles. The molecule has 0 bridgehead atoms. The van der Waals surface area contributed by atoms with Gasteiger partial charge in [-0.15, -0.1) is 0 Å². The van der Waals surface area contributed by atoms with Gasteiger partial charge in [0.15, 0.2) is 0 Å². The van der Waals surface area contributed by atoms with Crippen LogP contribution in [0.4, 0.5) is 5.69 Å². The monoisotopic (exact) mass is 602 g/mol. The molecule has 6 rings (SSSR count). The molecule has 0 fully saturated rings. The number of benzene rings is 4. The van der Waals surface area contributed by atoms with E-state index in [-0.39, 0.29) is 19.2 Å². The van der Waals surface area contributed by atoms with E-state index in [4.69, 9.17) is 9.47 Å². The number of anilines is 1. The number of H-pyrrole nitrogens is 1. The van der Waals surface area contributed by atoms with Crippen molar-refractivity contribution in [3.8, 4) is 16.9 Å². The summed E-state index contributed by atoms with van der Waals surface area (Å²) < 4.78 is 14.0. The Labute approximate surface area is 262 Å². The lowest BCUT2D eigenvalue weighted by atomic mass is 9.98. The summed E-state index contributed by atoms with van der Waals surface area (Å²) in [6, 6.07) is 30.4. The van der Waals surface area contributed by atoms with Crippen LogP contribution in [0.3, 0.4) is 0 Å². The highest BCUT2D eigenvalue weighted by Crippen LogP contribution is 2.38. The van der Waals surface area contributed by atoms with Gasteiger partial charge in [0.25, 0.3) is 0 Å². The summed E-state index contributed by atoms with van der Waals surface area (Å²) in [4.78, 5) is 13.7. The zero-order chi connectivity index (χ0) is 31.2. The molecule has 230 valence electrons. The molecule has 2 aromatic heterocycles. The van der Waals surface area contributed by atoms with Crippen LogP contribution in [0.25, 0.3) is 32.8 Å². The molecule has 0 aliphatic heterocycles. The van der Waals surface area contributed by atoms with Gasteiger partial charge < -0.3 is 24.5 Å². The predicted molar refractivity (Wildman–Crippen MR) is 179 cm³/mol. The third-order valence-corrected chi connectivity index (χ3v) is 8.11. The number of para-hydroxylation sites is 2. The number of carbonyl (C=O) groups excluding carboxylic acids is 1. The minimum atomic E-state index is -0.351. The lowest BCUT2D eigenvalue weighted by molar-refractivity contribution is 0.0513. The van der Waals surface area contributed by atoms with E-state index in [0.717, 1.165) is 55.5 Å². The van der Waals surface area contributed by atoms with Crippen molar-refractivity contribution in [2.45, 2.75) is 39.8 Å². The van der Waals surface area contributed by atoms with Crippen LogP contribution in [0.1, 0.15) is 40.8 Å². The van der Waals surface area contributed by atoms with Gasteiger partial charge in [0, 0.05) is 46.4 Å². The summed E-state index contributed by atoms with van der Waals surface area (Å²) in [5.74, 6) is 0.498. The van der Waals surface area contributed by atoms with Crippen LogP contribution in [-0.4, -0.2) is 45.6 Å². The molecule has 0 atom stereocenters. The van der Waals surface area contributed by atoms with Gasteiger partial charge in [-0.05, 0) is 55.8 Å². The predicted octanol–water partition coefficient (Wildman–Crippen LogP) is 7.29. The molecule has 3 N–H and O–H groups in total. The van der Waals surface area contributed by atoms with Gasteiger partial charge in [-0.1, -0.05) is 72.8 Å². The third-order valence-electron chi connectivity index (χ3n) is 8.11. The van der Waals surface area contributed by atoms with E-state index in [9.17, 15) is 9.90 Å². The van der Waals surface area contributed by atoms with Crippen molar-refractivity contribution in [2.24, 2.45) is 0 Å². The second-order valence-electron chi connectivity index (χ2n) is 11.0. The molecule has 0 amide bonds. The molecule has 0 aliphatic carbocycles. The van der Waals surface area contributed by atoms with Gasteiger partial charge in [0.1, 0.15) is 11.4 Å². The fourth-order valence-corrected chi connectivity index (χ4v) is 6.16. The van der Waals surface area contributed by atoms with Gasteiger partial charge in [-0.2, -0.15) is 5.10 Å². The van der Waals surface area contributed by atoms with E-state index in [2.05, 4.69) is 44.3 Å². The highest BCUT2D eigenvalue weighted by molar-refractivity contribution is 6.05. The standard InChI is InChI=1S/C37H38N4O4/c1-3-44-37(43)36-30(19-11-23-45-33-20-9-13-26-12-7-8-16-28(26)33)29-17-10-18-31(34-25(2)39-40-32(34)24-42)35(29)41(36)22-21-38-27-14-5-4-6-15-27/h4-10,12-18,20,38,42H,3,11,19,21-24H2,1-2H3,(H,39,40). The van der Waals surface area contributed by atoms with Gasteiger partial charge >= 0.3 is 5.97 Å². The number of aryl methyl sites for hydroxylation is 2. The zero-order valence-electron chi connectivity index (χ0n) is 25.7. The number of nitrogens with zero attached hydrogens (tertiary/aromatic N) is 2. The number of rotatable bonds is 13. The molecular formula is C37H38N4O4. The maximum absolute atomic E-state index is 13.7. The Morgan fingerprint density at radius 1 is 0.956 bits per heavy atom. The first-order valence-electron chi connectivity index (χ1n) is 15.5. The van der Waals surface area contributed by atoms with Crippen molar-refractivity contribution < 1.29 is 19.4 Å². The summed E-state index contributed by atoms with van der Waals surface area (Å²) in [7, 11) is 0. The van der Waals surface area contributed by atoms with Crippen molar-refractivity contribution in [1.29, 1.82) is 0 Å². The van der Waals surface area contributed by atoms with Crippen molar-refractivity contribution in [2.75, 3.05) is 25.1 Å². The van der Waals surface area contributed by atoms with Gasteiger partial charge in [-0.3, -0.25) is 5.10 Å². The number of ether oxygens (including phenoxy) is 2. The first kappa shape index (κ1) is 30.0. The lowest BCUT2D eigenvalue weighted by Crippen LogP contribution is -2.18. The van der Waals surface area contributed by atoms with Crippen LogP contribution in [0.5, 0.6) is 5.75 Å². The molecule has 0 saturated heterocycles. The maximum Gasteiger partial charge on any atom is 0.355 e. The maximum atomic E-state index is 13.7. The Morgan fingerprint density at radius 3 is 2.53 bits per heavy atom. The van der Waals surface area contributed by atoms with Crippen LogP contribution in [0.2, 0.25) is 0 Å². The van der Waals surface area contributed by atoms with Crippen LogP contribution >= 0.6 is 0 Å². The topological polar surface area (TPSA) is 101 Å². The summed E-state index contributed by atoms with van der Waals surface area (Å²) in [5.41, 5.74) is 6.57. The number of aliphatic hydroxyl groups is 1. The van der Waals surface area contributed by atoms with Crippen molar-refractivity contribution in [3.05, 3.63) is 114 Å². The van der Waals surface area contributed by atoms with E-state index < -0.39 is 0 Å². The average Bonchev–Trinajstić information content (AvgIpc) is 3.60. The number of fused-ring (bicyclic) bond motifs is 2. The largest absolute Gasteiger partial charge is 0.493 e. The molecule has 0 radical (unpaired) electrons. The normalized spacial score (nSPS) is 11.3. The fourth-order valence-electron chi connectivity index (χ4n) is 6.16. The number of nitrogens with one attached hydrogen (secondary N) is 2. The Balaban J connectivity index is 1.39. The molecule has 0 spiro atoms. The molecule has 45 heavy (non-hydrogen) atoms. The van der Waals surface area contributed by atoms with Gasteiger partial charge in [-0.25, -0.2) is 4.79 Å². The molecule has 4 aromatic carbocycles. The molecule has 2 heterocycles. The molecular weight excluding hydrogens is 564 g/mol. The second-order valence-corrected chi connectivity index (χ2v) is 11.0. The van der Waals surface area contributed by atoms with Gasteiger partial charge in [0.05, 0.1) is 31.0 Å². The van der Waals surface area contributed by atoms with E-state index >= 15 is 0 Å². The van der Waals surface area contributed by atoms with Crippen LogP contribution in [0.15, 0.2) is 91.0 Å². The number of carbonyl (C=O) groups is 1. The molecule has 0 unspecified atom stereocenters. The Hall–Kier alpha value is -5.08. The Morgan fingerprint density at radius 2 is 1.71 bits per heavy atom. The summed E-state index contributed by atoms with van der Waals surface area (Å²) in [6.45, 7) is 5.46. The van der Waals surface area contributed by atoms with Gasteiger partial charge in [0.2, 0.25) is 0 Å². The van der Waals surface area contributed by atoms with Crippen molar-refractivity contribution in [1.82, 2.24) is 14.8 Å². The Kier molecular flexibility index (Phi) is 9.12. The fraction of sp³-hybridized carbons (Fsp3) is 0.243. The smallest absolute Gasteiger partial charge is 0.355 e. The van der Waals surface area contributed by atoms with Crippen molar-refractivity contribution >= 4 is 33.3 Å². The zero-order valence-corrected chi connectivity index (χ0v) is 25.7. The third kappa shape index (κ3) is 6.14. The van der Waals surface area contributed by atoms with E-state index in [1.807, 2.05) is 80.6 Å². The van der Waals surface area contributed by atoms with Crippen LogP contribution < -0.4 is 10.1 Å². The minimum Gasteiger partial charge on any atom is -0.493 e. The summed E-state index contributed by atoms with van der Waals surface area (Å²) in [5, 5.41) is 24.2. The average molecular weight is 603 g/mol. The first-order chi connectivity index (χ1) is 22.1. The SMILES string of the molecule is CCOC(=O)c1c(CCCOc2cccc3ccccc23)c2cccc(-c3c(CO)n[nH]c3C)c2n1CCNc1ccccc1.